The monoisotopic (exact) mass is 358 g/mol. The standard InChI is InChI=1S/C17H27FN2O3S/c1-11(2)16(12(3)4)19-17(21)13(5)20(24(6,22)23)15-9-7-8-14(18)10-15/h7-13,16H,1-6H3,(H,19,21)/t13-/m1/s1. The molecule has 7 heteroatoms. The maximum atomic E-state index is 13.5. The third-order valence-corrected chi connectivity index (χ3v) is 5.14. The molecule has 0 saturated carbocycles. The van der Waals surface area contributed by atoms with Crippen molar-refractivity contribution in [2.45, 2.75) is 46.7 Å². The summed E-state index contributed by atoms with van der Waals surface area (Å²) in [5, 5.41) is 2.91. The fourth-order valence-corrected chi connectivity index (χ4v) is 3.98. The summed E-state index contributed by atoms with van der Waals surface area (Å²) in [4.78, 5) is 12.6. The first-order valence-electron chi connectivity index (χ1n) is 8.00. The molecular formula is C17H27FN2O3S. The van der Waals surface area contributed by atoms with E-state index in [4.69, 9.17) is 0 Å². The summed E-state index contributed by atoms with van der Waals surface area (Å²) in [6.07, 6.45) is 1.00. The van der Waals surface area contributed by atoms with Crippen LogP contribution in [0.15, 0.2) is 24.3 Å². The van der Waals surface area contributed by atoms with Crippen molar-refractivity contribution in [1.29, 1.82) is 0 Å². The zero-order valence-corrected chi connectivity index (χ0v) is 15.9. The number of carbonyl (C=O) groups excluding carboxylic acids is 1. The van der Waals surface area contributed by atoms with E-state index in [9.17, 15) is 17.6 Å². The Kier molecular flexibility index (Phi) is 6.77. The number of sulfonamides is 1. The lowest BCUT2D eigenvalue weighted by molar-refractivity contribution is -0.123. The Balaban J connectivity index is 3.14. The molecule has 1 rings (SSSR count). The molecule has 24 heavy (non-hydrogen) atoms. The molecule has 0 aliphatic carbocycles. The highest BCUT2D eigenvalue weighted by atomic mass is 32.2. The van der Waals surface area contributed by atoms with Gasteiger partial charge < -0.3 is 5.32 Å². The number of anilines is 1. The highest BCUT2D eigenvalue weighted by Crippen LogP contribution is 2.22. The normalized spacial score (nSPS) is 13.4. The van der Waals surface area contributed by atoms with Gasteiger partial charge in [-0.25, -0.2) is 12.8 Å². The van der Waals surface area contributed by atoms with Crippen molar-refractivity contribution in [1.82, 2.24) is 5.32 Å². The van der Waals surface area contributed by atoms with E-state index < -0.39 is 27.8 Å². The molecule has 136 valence electrons. The van der Waals surface area contributed by atoms with Gasteiger partial charge in [-0.3, -0.25) is 9.10 Å². The van der Waals surface area contributed by atoms with Crippen LogP contribution in [0, 0.1) is 17.7 Å². The zero-order valence-electron chi connectivity index (χ0n) is 15.1. The second kappa shape index (κ2) is 7.96. The fraction of sp³-hybridized carbons (Fsp3) is 0.588. The van der Waals surface area contributed by atoms with E-state index in [1.54, 1.807) is 0 Å². The lowest BCUT2D eigenvalue weighted by Crippen LogP contribution is -2.52. The third kappa shape index (κ3) is 5.19. The van der Waals surface area contributed by atoms with Crippen molar-refractivity contribution in [2.24, 2.45) is 11.8 Å². The summed E-state index contributed by atoms with van der Waals surface area (Å²) in [6, 6.07) is 4.15. The number of nitrogens with zero attached hydrogens (tertiary/aromatic N) is 1. The minimum atomic E-state index is -3.75. The molecule has 0 radical (unpaired) electrons. The maximum absolute atomic E-state index is 13.5. The van der Waals surface area contributed by atoms with Crippen LogP contribution >= 0.6 is 0 Å². The number of amides is 1. The fourth-order valence-electron chi connectivity index (χ4n) is 2.81. The minimum absolute atomic E-state index is 0.0751. The topological polar surface area (TPSA) is 66.5 Å². The maximum Gasteiger partial charge on any atom is 0.243 e. The highest BCUT2D eigenvalue weighted by molar-refractivity contribution is 7.92. The van der Waals surface area contributed by atoms with Gasteiger partial charge in [-0.2, -0.15) is 0 Å². The first kappa shape index (κ1) is 20.4. The molecule has 1 amide bonds. The molecule has 0 aliphatic rings. The van der Waals surface area contributed by atoms with Crippen LogP contribution in [0.5, 0.6) is 0 Å². The molecule has 0 unspecified atom stereocenters. The molecule has 0 spiro atoms. The Labute approximate surface area is 144 Å². The summed E-state index contributed by atoms with van der Waals surface area (Å²) < 4.78 is 38.8. The van der Waals surface area contributed by atoms with Gasteiger partial charge in [-0.15, -0.1) is 0 Å². The van der Waals surface area contributed by atoms with E-state index in [-0.39, 0.29) is 23.6 Å². The summed E-state index contributed by atoms with van der Waals surface area (Å²) in [5.41, 5.74) is 0.130. The Hall–Kier alpha value is -1.63. The average Bonchev–Trinajstić information content (AvgIpc) is 2.42. The Morgan fingerprint density at radius 3 is 2.08 bits per heavy atom. The Morgan fingerprint density at radius 1 is 1.12 bits per heavy atom. The molecule has 0 aromatic heterocycles. The van der Waals surface area contributed by atoms with Crippen LogP contribution in [-0.2, 0) is 14.8 Å². The van der Waals surface area contributed by atoms with E-state index in [1.165, 1.54) is 25.1 Å². The lowest BCUT2D eigenvalue weighted by Gasteiger charge is -2.32. The molecule has 0 bridgehead atoms. The zero-order chi connectivity index (χ0) is 18.7. The third-order valence-electron chi connectivity index (χ3n) is 3.90. The smallest absolute Gasteiger partial charge is 0.243 e. The number of halogens is 1. The summed E-state index contributed by atoms with van der Waals surface area (Å²) in [6.45, 7) is 9.49. The molecule has 1 N–H and O–H groups in total. The van der Waals surface area contributed by atoms with Crippen molar-refractivity contribution in [2.75, 3.05) is 10.6 Å². The van der Waals surface area contributed by atoms with E-state index in [0.29, 0.717) is 0 Å². The van der Waals surface area contributed by atoms with Gasteiger partial charge in [0.1, 0.15) is 11.9 Å². The van der Waals surface area contributed by atoms with Crippen LogP contribution in [0.2, 0.25) is 0 Å². The van der Waals surface area contributed by atoms with Crippen LogP contribution in [0.3, 0.4) is 0 Å². The van der Waals surface area contributed by atoms with Crippen molar-refractivity contribution in [3.8, 4) is 0 Å². The highest BCUT2D eigenvalue weighted by Gasteiger charge is 2.31. The molecule has 1 aromatic rings. The number of carbonyl (C=O) groups is 1. The molecule has 0 heterocycles. The number of hydrogen-bond donors (Lipinski definition) is 1. The second-order valence-electron chi connectivity index (χ2n) is 6.74. The van der Waals surface area contributed by atoms with Crippen molar-refractivity contribution < 1.29 is 17.6 Å². The predicted octanol–water partition coefficient (Wildman–Crippen LogP) is 2.78. The van der Waals surface area contributed by atoms with Gasteiger partial charge in [0.2, 0.25) is 15.9 Å². The van der Waals surface area contributed by atoms with Gasteiger partial charge in [0.25, 0.3) is 0 Å². The molecule has 0 saturated heterocycles. The molecule has 5 nitrogen and oxygen atoms in total. The van der Waals surface area contributed by atoms with Crippen LogP contribution in [0.1, 0.15) is 34.6 Å². The van der Waals surface area contributed by atoms with Crippen LogP contribution in [0.4, 0.5) is 10.1 Å². The number of rotatable bonds is 7. The number of hydrogen-bond acceptors (Lipinski definition) is 3. The van der Waals surface area contributed by atoms with Gasteiger partial charge in [-0.05, 0) is 37.0 Å². The quantitative estimate of drug-likeness (QED) is 0.815. The largest absolute Gasteiger partial charge is 0.351 e. The first-order valence-corrected chi connectivity index (χ1v) is 9.85. The summed E-state index contributed by atoms with van der Waals surface area (Å²) >= 11 is 0. The molecular weight excluding hydrogens is 331 g/mol. The summed E-state index contributed by atoms with van der Waals surface area (Å²) in [5.74, 6) is -0.544. The van der Waals surface area contributed by atoms with Crippen molar-refractivity contribution in [3.05, 3.63) is 30.1 Å². The molecule has 1 aromatic carbocycles. The minimum Gasteiger partial charge on any atom is -0.351 e. The van der Waals surface area contributed by atoms with E-state index in [2.05, 4.69) is 5.32 Å². The van der Waals surface area contributed by atoms with E-state index in [0.717, 1.165) is 16.6 Å². The number of nitrogens with one attached hydrogen (secondary N) is 1. The molecule has 0 aliphatic heterocycles. The van der Waals surface area contributed by atoms with Crippen LogP contribution in [0.25, 0.3) is 0 Å². The summed E-state index contributed by atoms with van der Waals surface area (Å²) in [7, 11) is -3.75. The van der Waals surface area contributed by atoms with Crippen molar-refractivity contribution >= 4 is 21.6 Å². The van der Waals surface area contributed by atoms with Gasteiger partial charge >= 0.3 is 0 Å². The van der Waals surface area contributed by atoms with E-state index >= 15 is 0 Å². The Bertz CT molecular complexity index is 666. The lowest BCUT2D eigenvalue weighted by atomic mass is 9.93. The SMILES string of the molecule is CC(C)C(NC(=O)[C@@H](C)N(c1cccc(F)c1)S(C)(=O)=O)C(C)C. The van der Waals surface area contributed by atoms with Gasteiger partial charge in [0.05, 0.1) is 11.9 Å². The molecule has 0 fully saturated rings. The van der Waals surface area contributed by atoms with Crippen LogP contribution in [-0.4, -0.2) is 32.7 Å². The molecule has 1 atom stereocenters. The van der Waals surface area contributed by atoms with Gasteiger partial charge in [0.15, 0.2) is 0 Å². The first-order chi connectivity index (χ1) is 10.9. The second-order valence-corrected chi connectivity index (χ2v) is 8.60. The predicted molar refractivity (Wildman–Crippen MR) is 94.8 cm³/mol. The van der Waals surface area contributed by atoms with Gasteiger partial charge in [-0.1, -0.05) is 33.8 Å². The Morgan fingerprint density at radius 2 is 1.67 bits per heavy atom. The van der Waals surface area contributed by atoms with Gasteiger partial charge in [0, 0.05) is 6.04 Å². The number of benzene rings is 1. The van der Waals surface area contributed by atoms with Crippen molar-refractivity contribution in [3.63, 3.8) is 0 Å². The van der Waals surface area contributed by atoms with E-state index in [1.807, 2.05) is 27.7 Å². The van der Waals surface area contributed by atoms with Crippen LogP contribution < -0.4 is 9.62 Å². The average molecular weight is 358 g/mol.